The highest BCUT2D eigenvalue weighted by Crippen LogP contribution is 2.21. The average molecular weight is 371 g/mol. The number of carbonyl (C=O) groups is 4. The first-order chi connectivity index (χ1) is 13.0. The van der Waals surface area contributed by atoms with Crippen LogP contribution in [0.1, 0.15) is 20.7 Å². The van der Waals surface area contributed by atoms with Crippen LogP contribution >= 0.6 is 0 Å². The molecule has 138 valence electrons. The summed E-state index contributed by atoms with van der Waals surface area (Å²) in [7, 11) is 0. The highest BCUT2D eigenvalue weighted by molar-refractivity contribution is 6.22. The number of hydrogen-bond donors (Lipinski definition) is 2. The van der Waals surface area contributed by atoms with Gasteiger partial charge in [-0.05, 0) is 36.4 Å². The van der Waals surface area contributed by atoms with Crippen molar-refractivity contribution in [3.8, 4) is 5.75 Å². The number of hydrogen-bond acceptors (Lipinski definition) is 5. The molecule has 0 bridgehead atoms. The van der Waals surface area contributed by atoms with Gasteiger partial charge in [-0.3, -0.25) is 34.9 Å². The fraction of sp³-hybridized carbons (Fsp3) is 0.111. The zero-order valence-electron chi connectivity index (χ0n) is 13.9. The Kier molecular flexibility index (Phi) is 5.11. The number of halogens is 1. The van der Waals surface area contributed by atoms with Crippen molar-refractivity contribution in [3.63, 3.8) is 0 Å². The summed E-state index contributed by atoms with van der Waals surface area (Å²) in [5, 5.41) is 0. The Morgan fingerprint density at radius 2 is 1.44 bits per heavy atom. The molecule has 4 amide bonds. The van der Waals surface area contributed by atoms with E-state index >= 15 is 0 Å². The standard InChI is InChI=1S/C18H14FN3O5/c19-11-5-7-12(8-6-11)27-10-16(24)21-20-15(23)9-22-17(25)13-3-1-2-4-14(13)18(22)26/h1-8H,9-10H2,(H,20,23)(H,21,24). The Hall–Kier alpha value is -3.75. The van der Waals surface area contributed by atoms with E-state index in [0.717, 1.165) is 4.90 Å². The molecular formula is C18H14FN3O5. The second-order valence-electron chi connectivity index (χ2n) is 5.58. The summed E-state index contributed by atoms with van der Waals surface area (Å²) in [5.41, 5.74) is 4.66. The molecule has 0 aromatic heterocycles. The van der Waals surface area contributed by atoms with Crippen molar-refractivity contribution in [1.29, 1.82) is 0 Å². The molecule has 3 rings (SSSR count). The molecule has 0 saturated carbocycles. The molecule has 0 fully saturated rings. The molecule has 0 radical (unpaired) electrons. The van der Waals surface area contributed by atoms with Gasteiger partial charge in [0, 0.05) is 0 Å². The van der Waals surface area contributed by atoms with Crippen molar-refractivity contribution in [2.75, 3.05) is 13.2 Å². The van der Waals surface area contributed by atoms with Gasteiger partial charge in [0.25, 0.3) is 23.6 Å². The molecule has 0 saturated heterocycles. The third kappa shape index (κ3) is 4.09. The topological polar surface area (TPSA) is 105 Å². The fourth-order valence-electron chi connectivity index (χ4n) is 2.42. The number of nitrogens with zero attached hydrogens (tertiary/aromatic N) is 1. The van der Waals surface area contributed by atoms with Crippen LogP contribution in [0.4, 0.5) is 4.39 Å². The van der Waals surface area contributed by atoms with Gasteiger partial charge in [-0.1, -0.05) is 12.1 Å². The van der Waals surface area contributed by atoms with Crippen LogP contribution in [0.5, 0.6) is 5.75 Å². The van der Waals surface area contributed by atoms with Crippen LogP contribution in [-0.4, -0.2) is 41.7 Å². The highest BCUT2D eigenvalue weighted by atomic mass is 19.1. The monoisotopic (exact) mass is 371 g/mol. The van der Waals surface area contributed by atoms with Crippen molar-refractivity contribution in [3.05, 3.63) is 65.5 Å². The van der Waals surface area contributed by atoms with E-state index in [1.807, 2.05) is 0 Å². The number of imide groups is 1. The molecule has 0 spiro atoms. The molecule has 9 heteroatoms. The van der Waals surface area contributed by atoms with Crippen molar-refractivity contribution in [2.45, 2.75) is 0 Å². The molecular weight excluding hydrogens is 357 g/mol. The summed E-state index contributed by atoms with van der Waals surface area (Å²) < 4.78 is 17.9. The first-order valence-corrected chi connectivity index (χ1v) is 7.87. The zero-order valence-corrected chi connectivity index (χ0v) is 13.9. The van der Waals surface area contributed by atoms with Crippen molar-refractivity contribution in [1.82, 2.24) is 15.8 Å². The molecule has 2 N–H and O–H groups in total. The molecule has 1 aliphatic rings. The first-order valence-electron chi connectivity index (χ1n) is 7.87. The van der Waals surface area contributed by atoms with E-state index in [4.69, 9.17) is 4.74 Å². The van der Waals surface area contributed by atoms with E-state index in [0.29, 0.717) is 0 Å². The summed E-state index contributed by atoms with van der Waals surface area (Å²) in [6.45, 7) is -0.954. The third-order valence-electron chi connectivity index (χ3n) is 3.70. The molecule has 2 aromatic rings. The molecule has 27 heavy (non-hydrogen) atoms. The van der Waals surface area contributed by atoms with E-state index in [1.165, 1.54) is 36.4 Å². The van der Waals surface area contributed by atoms with Crippen molar-refractivity contribution in [2.24, 2.45) is 0 Å². The predicted octanol–water partition coefficient (Wildman–Crippen LogP) is 0.648. The van der Waals surface area contributed by atoms with Gasteiger partial charge in [0.2, 0.25) is 0 Å². The lowest BCUT2D eigenvalue weighted by molar-refractivity contribution is -0.130. The lowest BCUT2D eigenvalue weighted by atomic mass is 10.1. The zero-order chi connectivity index (χ0) is 19.4. The van der Waals surface area contributed by atoms with Gasteiger partial charge in [0.15, 0.2) is 6.61 Å². The lowest BCUT2D eigenvalue weighted by Gasteiger charge is -2.14. The van der Waals surface area contributed by atoms with E-state index in [1.54, 1.807) is 12.1 Å². The minimum absolute atomic E-state index is 0.229. The van der Waals surface area contributed by atoms with Gasteiger partial charge >= 0.3 is 0 Å². The second-order valence-corrected chi connectivity index (χ2v) is 5.58. The Balaban J connectivity index is 1.46. The SMILES string of the molecule is O=C(COc1ccc(F)cc1)NNC(=O)CN1C(=O)c2ccccc2C1=O. The highest BCUT2D eigenvalue weighted by Gasteiger charge is 2.36. The van der Waals surface area contributed by atoms with Gasteiger partial charge < -0.3 is 4.74 Å². The maximum absolute atomic E-state index is 12.8. The summed E-state index contributed by atoms with van der Waals surface area (Å²) in [6, 6.07) is 11.3. The van der Waals surface area contributed by atoms with Crippen molar-refractivity contribution >= 4 is 23.6 Å². The lowest BCUT2D eigenvalue weighted by Crippen LogP contribution is -2.48. The smallest absolute Gasteiger partial charge is 0.276 e. The Labute approximate surface area is 152 Å². The molecule has 0 unspecified atom stereocenters. The number of carbonyl (C=O) groups excluding carboxylic acids is 4. The summed E-state index contributed by atoms with van der Waals surface area (Å²) in [4.78, 5) is 48.7. The van der Waals surface area contributed by atoms with Crippen LogP contribution < -0.4 is 15.6 Å². The van der Waals surface area contributed by atoms with Crippen LogP contribution in [-0.2, 0) is 9.59 Å². The molecule has 8 nitrogen and oxygen atoms in total. The van der Waals surface area contributed by atoms with E-state index in [2.05, 4.69) is 10.9 Å². The maximum atomic E-state index is 12.8. The number of benzene rings is 2. The number of rotatable bonds is 5. The fourth-order valence-corrected chi connectivity index (χ4v) is 2.42. The number of hydrazine groups is 1. The third-order valence-corrected chi connectivity index (χ3v) is 3.70. The molecule has 0 aliphatic carbocycles. The second kappa shape index (κ2) is 7.65. The van der Waals surface area contributed by atoms with Crippen molar-refractivity contribution < 1.29 is 28.3 Å². The first kappa shape index (κ1) is 18.1. The largest absolute Gasteiger partial charge is 0.484 e. The average Bonchev–Trinajstić information content (AvgIpc) is 2.91. The summed E-state index contributed by atoms with van der Waals surface area (Å²) in [6.07, 6.45) is 0. The summed E-state index contributed by atoms with van der Waals surface area (Å²) in [5.74, 6) is -2.72. The number of amides is 4. The van der Waals surface area contributed by atoms with Crippen LogP contribution in [0, 0.1) is 5.82 Å². The van der Waals surface area contributed by atoms with E-state index < -0.39 is 42.6 Å². The van der Waals surface area contributed by atoms with Crippen LogP contribution in [0.25, 0.3) is 0 Å². The number of ether oxygens (including phenoxy) is 1. The molecule has 2 aromatic carbocycles. The van der Waals surface area contributed by atoms with E-state index in [9.17, 15) is 23.6 Å². The predicted molar refractivity (Wildman–Crippen MR) is 90.0 cm³/mol. The normalized spacial score (nSPS) is 12.6. The van der Waals surface area contributed by atoms with E-state index in [-0.39, 0.29) is 16.9 Å². The Morgan fingerprint density at radius 3 is 2.04 bits per heavy atom. The van der Waals surface area contributed by atoms with Gasteiger partial charge in [-0.15, -0.1) is 0 Å². The minimum Gasteiger partial charge on any atom is -0.484 e. The van der Waals surface area contributed by atoms with Crippen LogP contribution in [0.3, 0.4) is 0 Å². The quantitative estimate of drug-likeness (QED) is 0.593. The summed E-state index contributed by atoms with van der Waals surface area (Å²) >= 11 is 0. The molecule has 1 aliphatic heterocycles. The van der Waals surface area contributed by atoms with Crippen LogP contribution in [0.2, 0.25) is 0 Å². The van der Waals surface area contributed by atoms with Gasteiger partial charge in [0.1, 0.15) is 18.1 Å². The van der Waals surface area contributed by atoms with Gasteiger partial charge in [-0.2, -0.15) is 0 Å². The Morgan fingerprint density at radius 1 is 0.889 bits per heavy atom. The Bertz CT molecular complexity index is 878. The number of fused-ring (bicyclic) bond motifs is 1. The maximum Gasteiger partial charge on any atom is 0.276 e. The van der Waals surface area contributed by atoms with Crippen LogP contribution in [0.15, 0.2) is 48.5 Å². The van der Waals surface area contributed by atoms with Gasteiger partial charge in [0.05, 0.1) is 11.1 Å². The molecule has 0 atom stereocenters. The number of nitrogens with one attached hydrogen (secondary N) is 2. The molecule has 1 heterocycles. The minimum atomic E-state index is -0.750. The van der Waals surface area contributed by atoms with Gasteiger partial charge in [-0.25, -0.2) is 4.39 Å².